The van der Waals surface area contributed by atoms with Crippen LogP contribution in [0.2, 0.25) is 0 Å². The number of hydrogen-bond acceptors (Lipinski definition) is 3. The summed E-state index contributed by atoms with van der Waals surface area (Å²) in [7, 11) is 0. The van der Waals surface area contributed by atoms with Gasteiger partial charge in [0.15, 0.2) is 5.13 Å². The van der Waals surface area contributed by atoms with Gasteiger partial charge in [0.05, 0.1) is 11.1 Å². The van der Waals surface area contributed by atoms with Gasteiger partial charge in [-0.2, -0.15) is 0 Å². The summed E-state index contributed by atoms with van der Waals surface area (Å²) in [5.74, 6) is -0.419. The largest absolute Gasteiger partial charge is 0.301 e. The molecule has 22 heavy (non-hydrogen) atoms. The Balaban J connectivity index is 1.57. The molecule has 0 unspecified atom stereocenters. The number of fused-ring (bicyclic) bond motifs is 1. The zero-order valence-electron chi connectivity index (χ0n) is 12.2. The Morgan fingerprint density at radius 2 is 2.00 bits per heavy atom. The minimum absolute atomic E-state index is 0.122. The topological polar surface area (TPSA) is 42.0 Å². The van der Waals surface area contributed by atoms with Crippen LogP contribution in [0.1, 0.15) is 41.8 Å². The van der Waals surface area contributed by atoms with Crippen molar-refractivity contribution in [3.8, 4) is 0 Å². The maximum Gasteiger partial charge on any atom is 0.236 e. The molecule has 3 nitrogen and oxygen atoms in total. The van der Waals surface area contributed by atoms with Gasteiger partial charge in [0.2, 0.25) is 5.91 Å². The van der Waals surface area contributed by atoms with Crippen LogP contribution in [-0.4, -0.2) is 10.9 Å². The molecule has 114 valence electrons. The number of rotatable bonds is 3. The molecule has 0 saturated heterocycles. The lowest BCUT2D eigenvalue weighted by molar-refractivity contribution is -0.118. The van der Waals surface area contributed by atoms with Crippen molar-refractivity contribution in [1.82, 2.24) is 4.98 Å². The van der Waals surface area contributed by atoms with Crippen molar-refractivity contribution < 1.29 is 9.18 Å². The lowest BCUT2D eigenvalue weighted by Crippen LogP contribution is -2.28. The monoisotopic (exact) mass is 316 g/mol. The van der Waals surface area contributed by atoms with Crippen LogP contribution in [0.3, 0.4) is 0 Å². The highest BCUT2D eigenvalue weighted by molar-refractivity contribution is 7.15. The molecule has 1 aromatic carbocycles. The third-order valence-corrected chi connectivity index (χ3v) is 5.71. The first-order valence-corrected chi connectivity index (χ1v) is 8.56. The number of carbonyl (C=O) groups excluding carboxylic acids is 1. The maximum atomic E-state index is 14.0. The first-order valence-electron chi connectivity index (χ1n) is 7.74. The highest BCUT2D eigenvalue weighted by atomic mass is 32.1. The quantitative estimate of drug-likeness (QED) is 0.935. The molecule has 1 amide bonds. The number of carbonyl (C=O) groups is 1. The van der Waals surface area contributed by atoms with Crippen LogP contribution in [0.25, 0.3) is 0 Å². The molecule has 1 fully saturated rings. The lowest BCUT2D eigenvalue weighted by atomic mass is 9.94. The number of halogens is 1. The minimum Gasteiger partial charge on any atom is -0.301 e. The third-order valence-electron chi connectivity index (χ3n) is 4.64. The zero-order chi connectivity index (χ0) is 15.2. The van der Waals surface area contributed by atoms with E-state index in [9.17, 15) is 9.18 Å². The summed E-state index contributed by atoms with van der Waals surface area (Å²) in [5, 5.41) is 3.60. The fourth-order valence-corrected chi connectivity index (χ4v) is 4.26. The highest BCUT2D eigenvalue weighted by Crippen LogP contribution is 2.50. The van der Waals surface area contributed by atoms with Crippen LogP contribution < -0.4 is 5.32 Å². The summed E-state index contributed by atoms with van der Waals surface area (Å²) in [6.45, 7) is 0. The Morgan fingerprint density at radius 3 is 2.73 bits per heavy atom. The van der Waals surface area contributed by atoms with E-state index in [2.05, 4.69) is 10.3 Å². The van der Waals surface area contributed by atoms with Crippen molar-refractivity contribution in [1.29, 1.82) is 0 Å². The molecule has 2 aliphatic rings. The van der Waals surface area contributed by atoms with Crippen LogP contribution in [-0.2, 0) is 23.1 Å². The second kappa shape index (κ2) is 5.16. The first-order chi connectivity index (χ1) is 10.7. The number of amides is 1. The van der Waals surface area contributed by atoms with Crippen LogP contribution in [0.4, 0.5) is 9.52 Å². The van der Waals surface area contributed by atoms with Gasteiger partial charge in [-0.25, -0.2) is 9.37 Å². The van der Waals surface area contributed by atoms with Crippen LogP contribution in [0.15, 0.2) is 24.3 Å². The summed E-state index contributed by atoms with van der Waals surface area (Å²) in [6, 6.07) is 6.58. The zero-order valence-corrected chi connectivity index (χ0v) is 13.0. The Labute approximate surface area is 132 Å². The second-order valence-corrected chi connectivity index (χ2v) is 7.20. The van der Waals surface area contributed by atoms with Gasteiger partial charge in [0.1, 0.15) is 5.82 Å². The van der Waals surface area contributed by atoms with Gasteiger partial charge in [-0.1, -0.05) is 18.2 Å². The fourth-order valence-electron chi connectivity index (χ4n) is 3.22. The Kier molecular flexibility index (Phi) is 3.26. The first kappa shape index (κ1) is 13.9. The Bertz CT molecular complexity index is 713. The summed E-state index contributed by atoms with van der Waals surface area (Å²) < 4.78 is 14.0. The van der Waals surface area contributed by atoms with Crippen molar-refractivity contribution in [2.75, 3.05) is 5.32 Å². The van der Waals surface area contributed by atoms with Gasteiger partial charge in [0, 0.05) is 10.4 Å². The molecule has 0 atom stereocenters. The molecule has 0 bridgehead atoms. The minimum atomic E-state index is -0.697. The molecule has 0 aliphatic heterocycles. The van der Waals surface area contributed by atoms with Crippen molar-refractivity contribution in [3.63, 3.8) is 0 Å². The summed E-state index contributed by atoms with van der Waals surface area (Å²) in [4.78, 5) is 18.5. The van der Waals surface area contributed by atoms with Crippen molar-refractivity contribution in [2.45, 2.75) is 43.9 Å². The number of anilines is 1. The molecule has 1 heterocycles. The van der Waals surface area contributed by atoms with E-state index < -0.39 is 5.41 Å². The molecule has 2 aliphatic carbocycles. The summed E-state index contributed by atoms with van der Waals surface area (Å²) >= 11 is 1.57. The van der Waals surface area contributed by atoms with E-state index in [4.69, 9.17) is 0 Å². The van der Waals surface area contributed by atoms with Crippen molar-refractivity contribution >= 4 is 22.4 Å². The van der Waals surface area contributed by atoms with Crippen molar-refractivity contribution in [3.05, 3.63) is 46.2 Å². The van der Waals surface area contributed by atoms with E-state index in [1.165, 1.54) is 23.8 Å². The Morgan fingerprint density at radius 1 is 1.23 bits per heavy atom. The predicted molar refractivity (Wildman–Crippen MR) is 84.7 cm³/mol. The number of nitrogens with one attached hydrogen (secondary N) is 1. The van der Waals surface area contributed by atoms with Gasteiger partial charge >= 0.3 is 0 Å². The average molecular weight is 316 g/mol. The summed E-state index contributed by atoms with van der Waals surface area (Å²) in [5.41, 5.74) is 0.938. The smallest absolute Gasteiger partial charge is 0.236 e. The van der Waals surface area contributed by atoms with E-state index in [0.29, 0.717) is 23.5 Å². The number of nitrogens with zero attached hydrogens (tertiary/aromatic N) is 1. The number of benzene rings is 1. The molecule has 1 N–H and O–H groups in total. The number of hydrogen-bond donors (Lipinski definition) is 1. The molecule has 1 saturated carbocycles. The van der Waals surface area contributed by atoms with E-state index in [1.807, 2.05) is 0 Å². The molecule has 0 spiro atoms. The van der Waals surface area contributed by atoms with Gasteiger partial charge < -0.3 is 5.32 Å². The molecule has 0 radical (unpaired) electrons. The fraction of sp³-hybridized carbons (Fsp3) is 0.412. The van der Waals surface area contributed by atoms with E-state index >= 15 is 0 Å². The average Bonchev–Trinajstić information content (AvgIpc) is 3.22. The number of aryl methyl sites for hydroxylation is 2. The van der Waals surface area contributed by atoms with Crippen LogP contribution in [0.5, 0.6) is 0 Å². The standard InChI is InChI=1S/C17H17FN2OS/c18-12-6-2-1-5-11(12)17(9-10-17)15(21)20-16-19-13-7-3-4-8-14(13)22-16/h1-2,5-6H,3-4,7-10H2,(H,19,20,21). The SMILES string of the molecule is O=C(Nc1nc2c(s1)CCCC2)C1(c2ccccc2F)CC1. The molecular formula is C17H17FN2OS. The van der Waals surface area contributed by atoms with E-state index in [-0.39, 0.29) is 11.7 Å². The van der Waals surface area contributed by atoms with Gasteiger partial charge in [-0.15, -0.1) is 11.3 Å². The predicted octanol–water partition coefficient (Wildman–Crippen LogP) is 3.83. The molecular weight excluding hydrogens is 299 g/mol. The third kappa shape index (κ3) is 2.24. The number of aromatic nitrogens is 1. The normalized spacial score (nSPS) is 18.6. The van der Waals surface area contributed by atoms with E-state index in [1.54, 1.807) is 29.5 Å². The second-order valence-electron chi connectivity index (χ2n) is 6.11. The number of thiazole rings is 1. The van der Waals surface area contributed by atoms with Gasteiger partial charge in [-0.05, 0) is 44.6 Å². The molecule has 1 aromatic heterocycles. The van der Waals surface area contributed by atoms with Gasteiger partial charge in [0.25, 0.3) is 0 Å². The van der Waals surface area contributed by atoms with Gasteiger partial charge in [-0.3, -0.25) is 4.79 Å². The highest BCUT2D eigenvalue weighted by Gasteiger charge is 2.52. The molecule has 5 heteroatoms. The molecule has 2 aromatic rings. The molecule has 4 rings (SSSR count). The summed E-state index contributed by atoms with van der Waals surface area (Å²) in [6.07, 6.45) is 5.82. The van der Waals surface area contributed by atoms with Crippen LogP contribution in [0, 0.1) is 5.82 Å². The van der Waals surface area contributed by atoms with E-state index in [0.717, 1.165) is 18.5 Å². The maximum absolute atomic E-state index is 14.0. The van der Waals surface area contributed by atoms with Crippen molar-refractivity contribution in [2.24, 2.45) is 0 Å². The van der Waals surface area contributed by atoms with Crippen LogP contribution >= 0.6 is 11.3 Å². The Hall–Kier alpha value is -1.75. The lowest BCUT2D eigenvalue weighted by Gasteiger charge is -2.15.